The van der Waals surface area contributed by atoms with E-state index in [9.17, 15) is 9.59 Å². The highest BCUT2D eigenvalue weighted by molar-refractivity contribution is 6.05. The molecule has 1 aliphatic heterocycles. The van der Waals surface area contributed by atoms with E-state index in [4.69, 9.17) is 0 Å². The highest BCUT2D eigenvalue weighted by Gasteiger charge is 2.37. The van der Waals surface area contributed by atoms with Crippen LogP contribution in [0.3, 0.4) is 0 Å². The predicted molar refractivity (Wildman–Crippen MR) is 65.6 cm³/mol. The lowest BCUT2D eigenvalue weighted by Gasteiger charge is -2.14. The predicted octanol–water partition coefficient (Wildman–Crippen LogP) is 0.345. The molecule has 0 radical (unpaired) electrons. The van der Waals surface area contributed by atoms with Gasteiger partial charge < -0.3 is 5.32 Å². The monoisotopic (exact) mass is 250 g/mol. The van der Waals surface area contributed by atoms with Crippen LogP contribution in [0, 0.1) is 6.92 Å². The topological polar surface area (TPSA) is 78.1 Å². The van der Waals surface area contributed by atoms with Crippen molar-refractivity contribution in [3.63, 3.8) is 0 Å². The van der Waals surface area contributed by atoms with E-state index in [-0.39, 0.29) is 18.2 Å². The fourth-order valence-corrected chi connectivity index (χ4v) is 2.09. The Kier molecular flexibility index (Phi) is 3.76. The fourth-order valence-electron chi connectivity index (χ4n) is 2.09. The van der Waals surface area contributed by atoms with E-state index in [1.54, 1.807) is 6.20 Å². The second-order valence-electron chi connectivity index (χ2n) is 4.54. The lowest BCUT2D eigenvalue weighted by atomic mass is 10.2. The zero-order chi connectivity index (χ0) is 13.1. The maximum absolute atomic E-state index is 12.0. The second-order valence-corrected chi connectivity index (χ2v) is 4.54. The first-order chi connectivity index (χ1) is 8.63. The Morgan fingerprint density at radius 2 is 2.33 bits per heavy atom. The standard InChI is InChI=1S/C12H18N4O2/c1-3-4-16-11(17)5-10(12(16)18)13-6-9-7-14-15-8(9)2/h7,10,13H,3-6H2,1-2H3,(H,14,15). The number of aryl methyl sites for hydroxylation is 1. The van der Waals surface area contributed by atoms with Crippen LogP contribution in [0.5, 0.6) is 0 Å². The van der Waals surface area contributed by atoms with Gasteiger partial charge in [0.1, 0.15) is 0 Å². The molecule has 2 N–H and O–H groups in total. The molecule has 1 aliphatic rings. The second kappa shape index (κ2) is 5.30. The number of rotatable bonds is 5. The molecule has 1 saturated heterocycles. The first kappa shape index (κ1) is 12.8. The Morgan fingerprint density at radius 1 is 1.56 bits per heavy atom. The molecule has 6 nitrogen and oxygen atoms in total. The normalized spacial score (nSPS) is 19.9. The van der Waals surface area contributed by atoms with E-state index in [0.717, 1.165) is 17.7 Å². The van der Waals surface area contributed by atoms with Crippen molar-refractivity contribution >= 4 is 11.8 Å². The van der Waals surface area contributed by atoms with Crippen molar-refractivity contribution in [3.05, 3.63) is 17.5 Å². The van der Waals surface area contributed by atoms with Gasteiger partial charge in [0.2, 0.25) is 11.8 Å². The van der Waals surface area contributed by atoms with Crippen molar-refractivity contribution in [2.24, 2.45) is 0 Å². The number of hydrogen-bond acceptors (Lipinski definition) is 4. The average Bonchev–Trinajstić information content (AvgIpc) is 2.86. The summed E-state index contributed by atoms with van der Waals surface area (Å²) in [5, 5.41) is 9.88. The van der Waals surface area contributed by atoms with Gasteiger partial charge in [-0.15, -0.1) is 0 Å². The number of aromatic amines is 1. The Bertz CT molecular complexity index is 455. The van der Waals surface area contributed by atoms with Crippen LogP contribution in [0.2, 0.25) is 0 Å². The molecule has 1 atom stereocenters. The van der Waals surface area contributed by atoms with Crippen LogP contribution in [0.15, 0.2) is 6.20 Å². The number of nitrogens with one attached hydrogen (secondary N) is 2. The van der Waals surface area contributed by atoms with E-state index >= 15 is 0 Å². The maximum Gasteiger partial charge on any atom is 0.246 e. The minimum Gasteiger partial charge on any atom is -0.301 e. The molecule has 1 unspecified atom stereocenters. The molecule has 1 aromatic heterocycles. The Labute approximate surface area is 106 Å². The molecule has 2 amide bonds. The summed E-state index contributed by atoms with van der Waals surface area (Å²) >= 11 is 0. The van der Waals surface area contributed by atoms with Crippen LogP contribution in [-0.2, 0) is 16.1 Å². The zero-order valence-corrected chi connectivity index (χ0v) is 10.7. The van der Waals surface area contributed by atoms with Crippen molar-refractivity contribution in [3.8, 4) is 0 Å². The molecule has 0 bridgehead atoms. The Morgan fingerprint density at radius 3 is 2.94 bits per heavy atom. The zero-order valence-electron chi connectivity index (χ0n) is 10.7. The van der Waals surface area contributed by atoms with Gasteiger partial charge in [0, 0.05) is 24.3 Å². The summed E-state index contributed by atoms with van der Waals surface area (Å²) in [5.41, 5.74) is 1.99. The average molecular weight is 250 g/mol. The maximum atomic E-state index is 12.0. The minimum atomic E-state index is -0.390. The molecular weight excluding hydrogens is 232 g/mol. The summed E-state index contributed by atoms with van der Waals surface area (Å²) in [5.74, 6) is -0.189. The van der Waals surface area contributed by atoms with Crippen LogP contribution in [0.4, 0.5) is 0 Å². The van der Waals surface area contributed by atoms with Gasteiger partial charge in [-0.3, -0.25) is 19.6 Å². The molecule has 2 rings (SSSR count). The third kappa shape index (κ3) is 2.43. The summed E-state index contributed by atoms with van der Waals surface area (Å²) in [6, 6.07) is -0.390. The summed E-state index contributed by atoms with van der Waals surface area (Å²) in [6.45, 7) is 4.94. The molecule has 1 fully saturated rings. The van der Waals surface area contributed by atoms with E-state index in [1.807, 2.05) is 13.8 Å². The fraction of sp³-hybridized carbons (Fsp3) is 0.583. The molecule has 18 heavy (non-hydrogen) atoms. The smallest absolute Gasteiger partial charge is 0.246 e. The van der Waals surface area contributed by atoms with Gasteiger partial charge >= 0.3 is 0 Å². The highest BCUT2D eigenvalue weighted by atomic mass is 16.2. The number of nitrogens with zero attached hydrogens (tertiary/aromatic N) is 2. The number of likely N-dealkylation sites (tertiary alicyclic amines) is 1. The van der Waals surface area contributed by atoms with Gasteiger partial charge in [-0.1, -0.05) is 6.92 Å². The number of aromatic nitrogens is 2. The number of amides is 2. The van der Waals surface area contributed by atoms with Crippen LogP contribution in [-0.4, -0.2) is 39.5 Å². The molecule has 0 saturated carbocycles. The molecule has 6 heteroatoms. The first-order valence-electron chi connectivity index (χ1n) is 6.20. The number of imide groups is 1. The van der Waals surface area contributed by atoms with E-state index in [1.165, 1.54) is 4.90 Å². The summed E-state index contributed by atoms with van der Waals surface area (Å²) in [6.07, 6.45) is 2.79. The van der Waals surface area contributed by atoms with E-state index < -0.39 is 6.04 Å². The van der Waals surface area contributed by atoms with E-state index in [0.29, 0.717) is 13.1 Å². The molecule has 0 aromatic carbocycles. The largest absolute Gasteiger partial charge is 0.301 e. The molecule has 0 spiro atoms. The minimum absolute atomic E-state index is 0.0803. The molecule has 1 aromatic rings. The first-order valence-corrected chi connectivity index (χ1v) is 6.20. The number of H-pyrrole nitrogens is 1. The van der Waals surface area contributed by atoms with Gasteiger partial charge in [-0.05, 0) is 13.3 Å². The lowest BCUT2D eigenvalue weighted by molar-refractivity contribution is -0.138. The van der Waals surface area contributed by atoms with Gasteiger partial charge in [-0.2, -0.15) is 5.10 Å². The molecule has 98 valence electrons. The third-order valence-electron chi connectivity index (χ3n) is 3.16. The van der Waals surface area contributed by atoms with Crippen molar-refractivity contribution in [1.29, 1.82) is 0 Å². The van der Waals surface area contributed by atoms with Crippen LogP contribution >= 0.6 is 0 Å². The van der Waals surface area contributed by atoms with Crippen molar-refractivity contribution in [1.82, 2.24) is 20.4 Å². The summed E-state index contributed by atoms with van der Waals surface area (Å²) in [4.78, 5) is 25.0. The highest BCUT2D eigenvalue weighted by Crippen LogP contribution is 2.14. The number of hydrogen-bond donors (Lipinski definition) is 2. The van der Waals surface area contributed by atoms with Crippen LogP contribution in [0.25, 0.3) is 0 Å². The SMILES string of the molecule is CCCN1C(=O)CC(NCc2cn[nH]c2C)C1=O. The van der Waals surface area contributed by atoms with Crippen LogP contribution in [0.1, 0.15) is 31.0 Å². The Hall–Kier alpha value is -1.69. The molecule has 2 heterocycles. The molecule has 0 aliphatic carbocycles. The van der Waals surface area contributed by atoms with Crippen LogP contribution < -0.4 is 5.32 Å². The third-order valence-corrected chi connectivity index (χ3v) is 3.16. The van der Waals surface area contributed by atoms with Crippen molar-refractivity contribution in [2.75, 3.05) is 6.54 Å². The quantitative estimate of drug-likeness (QED) is 0.739. The van der Waals surface area contributed by atoms with Gasteiger partial charge in [0.05, 0.1) is 18.7 Å². The lowest BCUT2D eigenvalue weighted by Crippen LogP contribution is -2.38. The molecular formula is C12H18N4O2. The number of carbonyl (C=O) groups excluding carboxylic acids is 2. The van der Waals surface area contributed by atoms with E-state index in [2.05, 4.69) is 15.5 Å². The summed E-state index contributed by atoms with van der Waals surface area (Å²) in [7, 11) is 0. The summed E-state index contributed by atoms with van der Waals surface area (Å²) < 4.78 is 0. The van der Waals surface area contributed by atoms with Gasteiger partial charge in [0.25, 0.3) is 0 Å². The van der Waals surface area contributed by atoms with Gasteiger partial charge in [-0.25, -0.2) is 0 Å². The van der Waals surface area contributed by atoms with Crippen molar-refractivity contribution in [2.45, 2.75) is 39.3 Å². The van der Waals surface area contributed by atoms with Gasteiger partial charge in [0.15, 0.2) is 0 Å². The van der Waals surface area contributed by atoms with Crippen molar-refractivity contribution < 1.29 is 9.59 Å². The number of carbonyl (C=O) groups is 2. The Balaban J connectivity index is 1.93.